The molecule has 0 aliphatic heterocycles. The molecule has 3 rings (SSSR count). The molecule has 12 nitrogen and oxygen atoms in total. The Morgan fingerprint density at radius 2 is 1.97 bits per heavy atom. The van der Waals surface area contributed by atoms with Gasteiger partial charge in [0.1, 0.15) is 12.4 Å². The fourth-order valence-corrected chi connectivity index (χ4v) is 3.73. The number of anilines is 1. The van der Waals surface area contributed by atoms with E-state index in [1.165, 1.54) is 24.3 Å². The lowest BCUT2D eigenvalue weighted by atomic mass is 10.0. The quantitative estimate of drug-likeness (QED) is 0.205. The minimum Gasteiger partial charge on any atom is -0.481 e. The zero-order valence-electron chi connectivity index (χ0n) is 20.1. The second-order valence-electron chi connectivity index (χ2n) is 8.25. The maximum atomic E-state index is 13.3. The van der Waals surface area contributed by atoms with Gasteiger partial charge in [-0.05, 0) is 30.5 Å². The molecule has 3 N–H and O–H groups in total. The first-order valence-electron chi connectivity index (χ1n) is 11.3. The number of fused-ring (bicyclic) bond motifs is 1. The normalized spacial score (nSPS) is 11.8. The van der Waals surface area contributed by atoms with Crippen LogP contribution in [-0.4, -0.2) is 50.4 Å². The Kier molecular flexibility index (Phi) is 8.20. The Balaban J connectivity index is 1.98. The number of hydrogen-bond acceptors (Lipinski definition) is 8. The van der Waals surface area contributed by atoms with Crippen molar-refractivity contribution in [3.05, 3.63) is 69.5 Å². The van der Waals surface area contributed by atoms with E-state index in [1.807, 2.05) is 13.8 Å². The SMILES string of the molecule is CCOC(=O)CNc1c(C(C)C)nc2c(C(=O)NC(CC(=O)O)c3cccc([N+](=O)[O-])c3)cccn12. The van der Waals surface area contributed by atoms with Crippen molar-refractivity contribution in [2.45, 2.75) is 39.2 Å². The smallest absolute Gasteiger partial charge is 0.325 e. The van der Waals surface area contributed by atoms with Crippen LogP contribution in [0.15, 0.2) is 42.6 Å². The van der Waals surface area contributed by atoms with Crippen molar-refractivity contribution >= 4 is 35.0 Å². The number of benzene rings is 1. The Morgan fingerprint density at radius 1 is 1.22 bits per heavy atom. The van der Waals surface area contributed by atoms with E-state index < -0.39 is 35.2 Å². The molecule has 0 saturated carbocycles. The first-order chi connectivity index (χ1) is 17.1. The number of esters is 1. The van der Waals surface area contributed by atoms with E-state index in [2.05, 4.69) is 15.6 Å². The molecule has 3 aromatic rings. The maximum Gasteiger partial charge on any atom is 0.325 e. The lowest BCUT2D eigenvalue weighted by molar-refractivity contribution is -0.384. The number of hydrogen-bond donors (Lipinski definition) is 3. The fourth-order valence-electron chi connectivity index (χ4n) is 3.73. The molecule has 1 aromatic carbocycles. The van der Waals surface area contributed by atoms with Crippen molar-refractivity contribution in [2.24, 2.45) is 0 Å². The average molecular weight is 498 g/mol. The predicted octanol–water partition coefficient (Wildman–Crippen LogP) is 3.29. The van der Waals surface area contributed by atoms with E-state index in [-0.39, 0.29) is 35.9 Å². The summed E-state index contributed by atoms with van der Waals surface area (Å²) >= 11 is 0. The first kappa shape index (κ1) is 26.1. The Morgan fingerprint density at radius 3 is 2.61 bits per heavy atom. The van der Waals surface area contributed by atoms with Crippen LogP contribution in [0.2, 0.25) is 0 Å². The third kappa shape index (κ3) is 5.95. The number of carboxylic acids is 1. The number of carboxylic acid groups (broad SMARTS) is 1. The molecule has 12 heteroatoms. The highest BCUT2D eigenvalue weighted by Crippen LogP contribution is 2.28. The number of carbonyl (C=O) groups excluding carboxylic acids is 2. The number of imidazole rings is 1. The summed E-state index contributed by atoms with van der Waals surface area (Å²) in [6.07, 6.45) is 1.21. The Hall–Kier alpha value is -4.48. The van der Waals surface area contributed by atoms with Crippen LogP contribution in [0.5, 0.6) is 0 Å². The summed E-state index contributed by atoms with van der Waals surface area (Å²) in [5.74, 6) is -1.74. The van der Waals surface area contributed by atoms with Crippen molar-refractivity contribution in [3.63, 3.8) is 0 Å². The maximum absolute atomic E-state index is 13.3. The van der Waals surface area contributed by atoms with E-state index >= 15 is 0 Å². The lowest BCUT2D eigenvalue weighted by Crippen LogP contribution is -2.30. The number of aliphatic carboxylic acids is 1. The van der Waals surface area contributed by atoms with Crippen molar-refractivity contribution in [3.8, 4) is 0 Å². The monoisotopic (exact) mass is 497 g/mol. The van der Waals surface area contributed by atoms with Gasteiger partial charge in [-0.1, -0.05) is 26.0 Å². The number of nitrogens with zero attached hydrogens (tertiary/aromatic N) is 3. The summed E-state index contributed by atoms with van der Waals surface area (Å²) in [4.78, 5) is 51.8. The van der Waals surface area contributed by atoms with Gasteiger partial charge in [-0.25, -0.2) is 4.98 Å². The summed E-state index contributed by atoms with van der Waals surface area (Å²) in [7, 11) is 0. The highest BCUT2D eigenvalue weighted by Gasteiger charge is 2.24. The summed E-state index contributed by atoms with van der Waals surface area (Å²) < 4.78 is 6.61. The molecule has 1 unspecified atom stereocenters. The fraction of sp³-hybridized carbons (Fsp3) is 0.333. The first-order valence-corrected chi connectivity index (χ1v) is 11.3. The van der Waals surface area contributed by atoms with Crippen LogP contribution in [0.4, 0.5) is 11.5 Å². The molecule has 0 saturated heterocycles. The van der Waals surface area contributed by atoms with E-state index in [1.54, 1.807) is 29.7 Å². The summed E-state index contributed by atoms with van der Waals surface area (Å²) in [5.41, 5.74) is 1.17. The Labute approximate surface area is 206 Å². The second kappa shape index (κ2) is 11.3. The zero-order valence-corrected chi connectivity index (χ0v) is 20.1. The van der Waals surface area contributed by atoms with Crippen LogP contribution >= 0.6 is 0 Å². The third-order valence-electron chi connectivity index (χ3n) is 5.34. The number of non-ortho nitro benzene ring substituents is 1. The largest absolute Gasteiger partial charge is 0.481 e. The molecule has 0 radical (unpaired) electrons. The van der Waals surface area contributed by atoms with Crippen molar-refractivity contribution in [1.82, 2.24) is 14.7 Å². The van der Waals surface area contributed by atoms with Gasteiger partial charge in [0.25, 0.3) is 11.6 Å². The van der Waals surface area contributed by atoms with Gasteiger partial charge < -0.3 is 20.5 Å². The second-order valence-corrected chi connectivity index (χ2v) is 8.25. The molecule has 190 valence electrons. The molecule has 2 aromatic heterocycles. The van der Waals surface area contributed by atoms with Gasteiger partial charge in [0.05, 0.1) is 35.3 Å². The minimum absolute atomic E-state index is 0.0462. The van der Waals surface area contributed by atoms with Gasteiger partial charge >= 0.3 is 11.9 Å². The molecule has 0 bridgehead atoms. The molecular formula is C24H27N5O7. The summed E-state index contributed by atoms with van der Waals surface area (Å²) in [5, 5.41) is 26.2. The van der Waals surface area contributed by atoms with E-state index in [0.717, 1.165) is 0 Å². The molecule has 0 spiro atoms. The summed E-state index contributed by atoms with van der Waals surface area (Å²) in [6.45, 7) is 5.70. The molecule has 0 aliphatic carbocycles. The van der Waals surface area contributed by atoms with Gasteiger partial charge in [0.15, 0.2) is 5.65 Å². The standard InChI is InChI=1S/C24H27N5O7/c1-4-36-20(32)13-25-23-21(14(2)3)27-22-17(9-6-10-28(22)23)24(33)26-18(12-19(30)31)15-7-5-8-16(11-15)29(34)35/h5-11,14,18,25H,4,12-13H2,1-3H3,(H,26,33)(H,30,31). The Bertz CT molecular complexity index is 1300. The van der Waals surface area contributed by atoms with E-state index in [0.29, 0.717) is 17.2 Å². The van der Waals surface area contributed by atoms with Crippen molar-refractivity contribution in [2.75, 3.05) is 18.5 Å². The van der Waals surface area contributed by atoms with Crippen LogP contribution in [0.25, 0.3) is 5.65 Å². The van der Waals surface area contributed by atoms with Gasteiger partial charge in [-0.15, -0.1) is 0 Å². The molecular weight excluding hydrogens is 470 g/mol. The number of carbonyl (C=O) groups is 3. The summed E-state index contributed by atoms with van der Waals surface area (Å²) in [6, 6.07) is 7.62. The van der Waals surface area contributed by atoms with Gasteiger partial charge in [-0.2, -0.15) is 0 Å². The van der Waals surface area contributed by atoms with Gasteiger partial charge in [-0.3, -0.25) is 28.9 Å². The molecule has 36 heavy (non-hydrogen) atoms. The number of nitro groups is 1. The molecule has 2 heterocycles. The van der Waals surface area contributed by atoms with Crippen molar-refractivity contribution < 1.29 is 29.2 Å². The number of nitrogens with one attached hydrogen (secondary N) is 2. The van der Waals surface area contributed by atoms with Crippen molar-refractivity contribution in [1.29, 1.82) is 0 Å². The lowest BCUT2D eigenvalue weighted by Gasteiger charge is -2.17. The van der Waals surface area contributed by atoms with E-state index in [9.17, 15) is 29.6 Å². The number of pyridine rings is 1. The molecule has 0 fully saturated rings. The highest BCUT2D eigenvalue weighted by atomic mass is 16.6. The van der Waals surface area contributed by atoms with Crippen LogP contribution in [0.1, 0.15) is 60.8 Å². The van der Waals surface area contributed by atoms with Crippen LogP contribution in [-0.2, 0) is 14.3 Å². The number of aromatic nitrogens is 2. The molecule has 1 atom stereocenters. The molecule has 1 amide bonds. The predicted molar refractivity (Wildman–Crippen MR) is 130 cm³/mol. The van der Waals surface area contributed by atoms with E-state index in [4.69, 9.17) is 4.74 Å². The number of rotatable bonds is 11. The third-order valence-corrected chi connectivity index (χ3v) is 5.34. The minimum atomic E-state index is -1.18. The number of amides is 1. The van der Waals surface area contributed by atoms with Crippen LogP contribution in [0, 0.1) is 10.1 Å². The highest BCUT2D eigenvalue weighted by molar-refractivity contribution is 6.00. The van der Waals surface area contributed by atoms with Crippen LogP contribution < -0.4 is 10.6 Å². The van der Waals surface area contributed by atoms with Crippen LogP contribution in [0.3, 0.4) is 0 Å². The topological polar surface area (TPSA) is 165 Å². The van der Waals surface area contributed by atoms with Gasteiger partial charge in [0.2, 0.25) is 0 Å². The van der Waals surface area contributed by atoms with Gasteiger partial charge in [0, 0.05) is 18.3 Å². The number of ether oxygens (including phenoxy) is 1. The molecule has 0 aliphatic rings. The zero-order chi connectivity index (χ0) is 26.4. The average Bonchev–Trinajstić information content (AvgIpc) is 3.21. The number of nitro benzene ring substituents is 1.